The number of carbonyl (C=O) groups is 1. The van der Waals surface area contributed by atoms with Gasteiger partial charge in [-0.15, -0.1) is 0 Å². The van der Waals surface area contributed by atoms with Gasteiger partial charge in [0.2, 0.25) is 10.0 Å². The maximum absolute atomic E-state index is 13.9. The molecule has 0 unspecified atom stereocenters. The first-order valence-corrected chi connectivity index (χ1v) is 10.6. The monoisotopic (exact) mass is 407 g/mol. The van der Waals surface area contributed by atoms with E-state index in [2.05, 4.69) is 5.32 Å². The summed E-state index contributed by atoms with van der Waals surface area (Å²) < 4.78 is 36.5. The minimum atomic E-state index is -3.76. The molecule has 1 heterocycles. The molecule has 7 nitrogen and oxygen atoms in total. The van der Waals surface area contributed by atoms with Gasteiger partial charge in [-0.2, -0.15) is 0 Å². The summed E-state index contributed by atoms with van der Waals surface area (Å²) in [5, 5.41) is 7.87. The van der Waals surface area contributed by atoms with Crippen molar-refractivity contribution in [3.63, 3.8) is 0 Å². The van der Waals surface area contributed by atoms with Crippen molar-refractivity contribution in [3.05, 3.63) is 54.3 Å². The van der Waals surface area contributed by atoms with Crippen molar-refractivity contribution in [2.75, 3.05) is 36.4 Å². The number of halogens is 1. The van der Waals surface area contributed by atoms with Crippen LogP contribution >= 0.6 is 0 Å². The van der Waals surface area contributed by atoms with Crippen molar-refractivity contribution < 1.29 is 22.5 Å². The van der Waals surface area contributed by atoms with Crippen LogP contribution in [0.1, 0.15) is 6.92 Å². The Balaban J connectivity index is 1.57. The van der Waals surface area contributed by atoms with Crippen LogP contribution < -0.4 is 20.3 Å². The Morgan fingerprint density at radius 2 is 1.75 bits per heavy atom. The van der Waals surface area contributed by atoms with E-state index in [0.29, 0.717) is 37.6 Å². The molecular weight excluding hydrogens is 383 g/mol. The number of benzene rings is 2. The highest BCUT2D eigenvalue weighted by Gasteiger charge is 2.30. The van der Waals surface area contributed by atoms with Crippen molar-refractivity contribution in [1.82, 2.24) is 0 Å². The lowest BCUT2D eigenvalue weighted by molar-refractivity contribution is -0.914. The van der Waals surface area contributed by atoms with Gasteiger partial charge in [-0.05, 0) is 43.3 Å². The lowest BCUT2D eigenvalue weighted by Gasteiger charge is -2.36. The molecule has 3 rings (SSSR count). The van der Waals surface area contributed by atoms with Crippen molar-refractivity contribution in [1.29, 1.82) is 0 Å². The van der Waals surface area contributed by atoms with Crippen LogP contribution in [0.3, 0.4) is 0 Å². The van der Waals surface area contributed by atoms with Gasteiger partial charge in [0.25, 0.3) is 5.91 Å². The summed E-state index contributed by atoms with van der Waals surface area (Å²) in [6.45, 7) is 4.61. The molecule has 1 aliphatic heterocycles. The fourth-order valence-corrected chi connectivity index (χ4v) is 3.86. The molecule has 28 heavy (non-hydrogen) atoms. The Labute approximate surface area is 164 Å². The predicted octanol–water partition coefficient (Wildman–Crippen LogP) is 0.205. The lowest BCUT2D eigenvalue weighted by Crippen LogP contribution is -3.19. The second-order valence-corrected chi connectivity index (χ2v) is 8.44. The van der Waals surface area contributed by atoms with Crippen molar-refractivity contribution in [2.45, 2.75) is 17.9 Å². The highest BCUT2D eigenvalue weighted by atomic mass is 32.2. The molecule has 0 aromatic heterocycles. The molecule has 0 bridgehead atoms. The van der Waals surface area contributed by atoms with Crippen molar-refractivity contribution in [3.8, 4) is 0 Å². The molecule has 0 aliphatic carbocycles. The standard InChI is InChI=1S/C19H23FN4O3S/c1-14(19(25)22-15-6-8-16(9-7-15)28(21,26)27)23-10-12-24(13-11-23)18-5-3-2-4-17(18)20/h2-9,14H,10-13H2,1H3,(H,22,25)(H2,21,26,27)/p+1/t14-/m0/s1. The van der Waals surface area contributed by atoms with E-state index in [4.69, 9.17) is 5.14 Å². The fourth-order valence-electron chi connectivity index (χ4n) is 3.34. The van der Waals surface area contributed by atoms with Gasteiger partial charge in [-0.1, -0.05) is 12.1 Å². The minimum absolute atomic E-state index is 0.00608. The van der Waals surface area contributed by atoms with Gasteiger partial charge in [-0.3, -0.25) is 4.79 Å². The number of nitrogens with zero attached hydrogens (tertiary/aromatic N) is 1. The number of amides is 1. The molecule has 0 radical (unpaired) electrons. The molecule has 150 valence electrons. The van der Waals surface area contributed by atoms with Gasteiger partial charge >= 0.3 is 0 Å². The number of para-hydroxylation sites is 1. The zero-order valence-corrected chi connectivity index (χ0v) is 16.4. The largest absolute Gasteiger partial charge is 0.358 e. The van der Waals surface area contributed by atoms with Crippen LogP contribution in [0.5, 0.6) is 0 Å². The first-order chi connectivity index (χ1) is 13.3. The number of hydrogen-bond donors (Lipinski definition) is 3. The van der Waals surface area contributed by atoms with Crippen LogP contribution in [-0.2, 0) is 14.8 Å². The van der Waals surface area contributed by atoms with Crippen molar-refractivity contribution in [2.24, 2.45) is 5.14 Å². The normalized spacial score (nSPS) is 16.6. The summed E-state index contributed by atoms with van der Waals surface area (Å²) in [5.41, 5.74) is 1.10. The summed E-state index contributed by atoms with van der Waals surface area (Å²) in [4.78, 5) is 15.7. The maximum Gasteiger partial charge on any atom is 0.282 e. The first kappa shape index (κ1) is 20.2. The number of sulfonamides is 1. The number of nitrogens with two attached hydrogens (primary N) is 1. The average Bonchev–Trinajstić information content (AvgIpc) is 2.67. The summed E-state index contributed by atoms with van der Waals surface area (Å²) in [7, 11) is -3.76. The number of anilines is 2. The van der Waals surface area contributed by atoms with Gasteiger partial charge in [-0.25, -0.2) is 17.9 Å². The Kier molecular flexibility index (Phi) is 5.97. The maximum atomic E-state index is 13.9. The number of rotatable bonds is 5. The number of carbonyl (C=O) groups excluding carboxylic acids is 1. The zero-order valence-electron chi connectivity index (χ0n) is 15.6. The number of hydrogen-bond acceptors (Lipinski definition) is 4. The molecule has 1 fully saturated rings. The molecular formula is C19H24FN4O3S+. The SMILES string of the molecule is C[C@@H](C(=O)Nc1ccc(S(N)(=O)=O)cc1)[NH+]1CCN(c2ccccc2F)CC1. The first-order valence-electron chi connectivity index (χ1n) is 9.03. The highest BCUT2D eigenvalue weighted by Crippen LogP contribution is 2.18. The Hall–Kier alpha value is -2.49. The third-order valence-corrected chi connectivity index (χ3v) is 5.98. The molecule has 1 atom stereocenters. The van der Waals surface area contributed by atoms with Gasteiger partial charge in [0.15, 0.2) is 6.04 Å². The van der Waals surface area contributed by atoms with Crippen LogP contribution in [0.2, 0.25) is 0 Å². The number of primary sulfonamides is 1. The zero-order chi connectivity index (χ0) is 20.3. The number of quaternary nitrogens is 1. The van der Waals surface area contributed by atoms with Crippen LogP contribution in [0, 0.1) is 5.82 Å². The van der Waals surface area contributed by atoms with Crippen molar-refractivity contribution >= 4 is 27.3 Å². The Morgan fingerprint density at radius 1 is 1.14 bits per heavy atom. The molecule has 2 aromatic rings. The second-order valence-electron chi connectivity index (χ2n) is 6.88. The molecule has 4 N–H and O–H groups in total. The fraction of sp³-hybridized carbons (Fsp3) is 0.316. The second kappa shape index (κ2) is 8.26. The van der Waals surface area contributed by atoms with Crippen LogP contribution in [-0.4, -0.2) is 46.5 Å². The van der Waals surface area contributed by atoms with E-state index >= 15 is 0 Å². The predicted molar refractivity (Wildman–Crippen MR) is 105 cm³/mol. The average molecular weight is 407 g/mol. The van der Waals surface area contributed by atoms with Gasteiger partial charge in [0.1, 0.15) is 5.82 Å². The van der Waals surface area contributed by atoms with E-state index < -0.39 is 10.0 Å². The topological polar surface area (TPSA) is 96.9 Å². The summed E-state index contributed by atoms with van der Waals surface area (Å²) >= 11 is 0. The Morgan fingerprint density at radius 3 is 2.32 bits per heavy atom. The van der Waals surface area contributed by atoms with Crippen LogP contribution in [0.15, 0.2) is 53.4 Å². The van der Waals surface area contributed by atoms with Gasteiger partial charge < -0.3 is 15.1 Å². The quantitative estimate of drug-likeness (QED) is 0.660. The van der Waals surface area contributed by atoms with E-state index in [9.17, 15) is 17.6 Å². The molecule has 0 spiro atoms. The summed E-state index contributed by atoms with van der Waals surface area (Å²) in [6.07, 6.45) is 0. The van der Waals surface area contributed by atoms with E-state index in [-0.39, 0.29) is 22.7 Å². The van der Waals surface area contributed by atoms with E-state index in [0.717, 1.165) is 4.90 Å². The van der Waals surface area contributed by atoms with E-state index in [1.54, 1.807) is 12.1 Å². The van der Waals surface area contributed by atoms with Gasteiger partial charge in [0.05, 0.1) is 36.8 Å². The van der Waals surface area contributed by atoms with E-state index in [1.807, 2.05) is 17.9 Å². The highest BCUT2D eigenvalue weighted by molar-refractivity contribution is 7.89. The third-order valence-electron chi connectivity index (χ3n) is 5.05. The molecule has 1 saturated heterocycles. The summed E-state index contributed by atoms with van der Waals surface area (Å²) in [5.74, 6) is -0.391. The molecule has 2 aromatic carbocycles. The molecule has 1 amide bonds. The summed E-state index contributed by atoms with van der Waals surface area (Å²) in [6, 6.07) is 12.1. The smallest absolute Gasteiger partial charge is 0.282 e. The number of piperazine rings is 1. The molecule has 0 saturated carbocycles. The van der Waals surface area contributed by atoms with Crippen LogP contribution in [0.25, 0.3) is 0 Å². The third kappa shape index (κ3) is 4.67. The Bertz CT molecular complexity index is 942. The van der Waals surface area contributed by atoms with Crippen LogP contribution in [0.4, 0.5) is 15.8 Å². The van der Waals surface area contributed by atoms with E-state index in [1.165, 1.54) is 30.3 Å². The minimum Gasteiger partial charge on any atom is -0.358 e. The molecule has 9 heteroatoms. The van der Waals surface area contributed by atoms with Gasteiger partial charge in [0, 0.05) is 5.69 Å². The lowest BCUT2D eigenvalue weighted by atomic mass is 10.2. The molecule has 1 aliphatic rings. The number of nitrogens with one attached hydrogen (secondary N) is 2.